The Balaban J connectivity index is 0.000000186. The van der Waals surface area contributed by atoms with Crippen LogP contribution in [0, 0.1) is 0 Å². The van der Waals surface area contributed by atoms with Gasteiger partial charge in [-0.3, -0.25) is 9.88 Å². The summed E-state index contributed by atoms with van der Waals surface area (Å²) in [5.41, 5.74) is 5.28. The minimum absolute atomic E-state index is 0.763. The summed E-state index contributed by atoms with van der Waals surface area (Å²) in [6.07, 6.45) is 8.74. The van der Waals surface area contributed by atoms with Crippen LogP contribution in [0.25, 0.3) is 0 Å². The van der Waals surface area contributed by atoms with Crippen LogP contribution in [0.5, 0.6) is 5.75 Å². The minimum atomic E-state index is 0.763. The Kier molecular flexibility index (Phi) is 10.9. The monoisotopic (exact) mass is 445 g/mol. The van der Waals surface area contributed by atoms with Gasteiger partial charge in [-0.15, -0.1) is 0 Å². The van der Waals surface area contributed by atoms with Crippen molar-refractivity contribution in [1.29, 1.82) is 0 Å². The summed E-state index contributed by atoms with van der Waals surface area (Å²) in [6, 6.07) is 22.8. The Morgan fingerprint density at radius 3 is 2.21 bits per heavy atom. The van der Waals surface area contributed by atoms with Crippen molar-refractivity contribution in [3.8, 4) is 5.75 Å². The molecule has 0 unspecified atom stereocenters. The first-order chi connectivity index (χ1) is 16.3. The van der Waals surface area contributed by atoms with Crippen molar-refractivity contribution < 1.29 is 4.74 Å². The summed E-state index contributed by atoms with van der Waals surface area (Å²) in [4.78, 5) is 6.84. The van der Waals surface area contributed by atoms with Crippen molar-refractivity contribution in [3.63, 3.8) is 0 Å². The number of aromatic nitrogens is 1. The highest BCUT2D eigenvalue weighted by Crippen LogP contribution is 2.22. The van der Waals surface area contributed by atoms with E-state index in [1.807, 2.05) is 36.4 Å². The van der Waals surface area contributed by atoms with E-state index < -0.39 is 0 Å². The number of rotatable bonds is 11. The fourth-order valence-corrected chi connectivity index (χ4v) is 4.18. The summed E-state index contributed by atoms with van der Waals surface area (Å²) < 4.78 is 5.29. The van der Waals surface area contributed by atoms with Crippen LogP contribution in [0.3, 0.4) is 0 Å². The van der Waals surface area contributed by atoms with Crippen LogP contribution in [0.2, 0.25) is 0 Å². The van der Waals surface area contributed by atoms with Gasteiger partial charge in [0.15, 0.2) is 0 Å². The first-order valence-corrected chi connectivity index (χ1v) is 12.3. The van der Waals surface area contributed by atoms with Crippen molar-refractivity contribution in [3.05, 3.63) is 95.3 Å². The second-order valence-electron chi connectivity index (χ2n) is 8.63. The zero-order valence-electron chi connectivity index (χ0n) is 20.3. The second kappa shape index (κ2) is 14.5. The van der Waals surface area contributed by atoms with Crippen LogP contribution in [0.4, 0.5) is 0 Å². The van der Waals surface area contributed by atoms with Gasteiger partial charge in [0.2, 0.25) is 0 Å². The van der Waals surface area contributed by atoms with E-state index in [-0.39, 0.29) is 0 Å². The molecule has 4 nitrogen and oxygen atoms in total. The van der Waals surface area contributed by atoms with Crippen molar-refractivity contribution in [2.45, 2.75) is 65.2 Å². The number of pyridine rings is 1. The first-order valence-electron chi connectivity index (χ1n) is 12.3. The molecule has 2 heterocycles. The van der Waals surface area contributed by atoms with E-state index in [4.69, 9.17) is 4.74 Å². The van der Waals surface area contributed by atoms with Gasteiger partial charge >= 0.3 is 0 Å². The maximum Gasteiger partial charge on any atom is 0.123 e. The highest BCUT2D eigenvalue weighted by Gasteiger charge is 2.16. The number of fused-ring (bicyclic) bond motifs is 1. The Bertz CT molecular complexity index is 904. The Morgan fingerprint density at radius 1 is 0.818 bits per heavy atom. The number of hydrogen-bond acceptors (Lipinski definition) is 4. The van der Waals surface area contributed by atoms with Crippen LogP contribution < -0.4 is 10.1 Å². The first kappa shape index (κ1) is 24.9. The van der Waals surface area contributed by atoms with Crippen LogP contribution in [-0.2, 0) is 26.2 Å². The molecular weight excluding hydrogens is 406 g/mol. The third kappa shape index (κ3) is 8.64. The Hall–Kier alpha value is -2.69. The number of ether oxygens (including phenoxy) is 1. The molecule has 33 heavy (non-hydrogen) atoms. The third-order valence-electron chi connectivity index (χ3n) is 6.02. The molecule has 1 aliphatic heterocycles. The van der Waals surface area contributed by atoms with Crippen molar-refractivity contribution in [2.75, 3.05) is 13.7 Å². The largest absolute Gasteiger partial charge is 0.496 e. The van der Waals surface area contributed by atoms with Gasteiger partial charge in [-0.05, 0) is 42.3 Å². The number of hydrogen-bond donors (Lipinski definition) is 1. The smallest absolute Gasteiger partial charge is 0.123 e. The Labute approximate surface area is 200 Å². The van der Waals surface area contributed by atoms with Gasteiger partial charge in [0.1, 0.15) is 5.75 Å². The van der Waals surface area contributed by atoms with Crippen molar-refractivity contribution in [2.24, 2.45) is 0 Å². The lowest BCUT2D eigenvalue weighted by atomic mass is 10.1. The molecule has 0 spiro atoms. The average Bonchev–Trinajstić information content (AvgIpc) is 3.28. The molecule has 1 aromatic heterocycles. The lowest BCUT2D eigenvalue weighted by Gasteiger charge is -2.14. The molecule has 0 amide bonds. The lowest BCUT2D eigenvalue weighted by Crippen LogP contribution is -2.17. The maximum atomic E-state index is 5.29. The van der Waals surface area contributed by atoms with E-state index in [0.29, 0.717) is 0 Å². The normalized spacial score (nSPS) is 12.7. The Morgan fingerprint density at radius 2 is 1.52 bits per heavy atom. The van der Waals surface area contributed by atoms with Crippen molar-refractivity contribution >= 4 is 0 Å². The molecule has 0 aliphatic carbocycles. The molecule has 0 radical (unpaired) electrons. The molecule has 0 fully saturated rings. The molecule has 4 heteroatoms. The van der Waals surface area contributed by atoms with E-state index >= 15 is 0 Å². The molecule has 0 saturated heterocycles. The third-order valence-corrected chi connectivity index (χ3v) is 6.02. The number of nitrogens with one attached hydrogen (secondary N) is 1. The van der Waals surface area contributed by atoms with Gasteiger partial charge in [-0.2, -0.15) is 0 Å². The topological polar surface area (TPSA) is 37.4 Å². The predicted octanol–water partition coefficient (Wildman–Crippen LogP) is 6.35. The van der Waals surface area contributed by atoms with Crippen LogP contribution in [-0.4, -0.2) is 23.5 Å². The molecule has 4 rings (SSSR count). The summed E-state index contributed by atoms with van der Waals surface area (Å²) in [5.74, 6) is 0.918. The number of unbranched alkanes of at least 4 members (excludes halogenated alkanes) is 4. The zero-order valence-corrected chi connectivity index (χ0v) is 20.3. The maximum absolute atomic E-state index is 5.29. The van der Waals surface area contributed by atoms with Crippen LogP contribution >= 0.6 is 0 Å². The molecule has 2 aromatic carbocycles. The van der Waals surface area contributed by atoms with E-state index in [0.717, 1.165) is 30.1 Å². The number of benzene rings is 2. The zero-order chi connectivity index (χ0) is 23.1. The van der Waals surface area contributed by atoms with E-state index in [2.05, 4.69) is 52.5 Å². The van der Waals surface area contributed by atoms with Gasteiger partial charge in [0.05, 0.1) is 12.8 Å². The van der Waals surface area contributed by atoms with Crippen LogP contribution in [0.15, 0.2) is 72.9 Å². The predicted molar refractivity (Wildman–Crippen MR) is 137 cm³/mol. The summed E-state index contributed by atoms with van der Waals surface area (Å²) >= 11 is 0. The fourth-order valence-electron chi connectivity index (χ4n) is 4.18. The second-order valence-corrected chi connectivity index (χ2v) is 8.63. The number of methoxy groups -OCH3 is 1. The minimum Gasteiger partial charge on any atom is -0.496 e. The highest BCUT2D eigenvalue weighted by molar-refractivity contribution is 5.33. The summed E-state index contributed by atoms with van der Waals surface area (Å²) in [7, 11) is 1.69. The van der Waals surface area contributed by atoms with Crippen LogP contribution in [0.1, 0.15) is 61.4 Å². The van der Waals surface area contributed by atoms with Gasteiger partial charge < -0.3 is 10.1 Å². The van der Waals surface area contributed by atoms with E-state index in [1.165, 1.54) is 62.9 Å². The number of para-hydroxylation sites is 1. The fraction of sp³-hybridized carbons (Fsp3) is 0.414. The number of nitrogens with zero attached hydrogens (tertiary/aromatic N) is 2. The summed E-state index contributed by atoms with van der Waals surface area (Å²) in [5, 5.41) is 3.35. The van der Waals surface area contributed by atoms with E-state index in [9.17, 15) is 0 Å². The average molecular weight is 446 g/mol. The highest BCUT2D eigenvalue weighted by atomic mass is 16.5. The molecule has 176 valence electrons. The standard InChI is InChI=1S/C15H23N.C14H16N2O/c1-2-3-4-5-8-11-16-12-14-9-6-7-10-15(14)13-16;1-17-14-8-3-2-6-12(14)10-15-11-13-7-4-5-9-16-13/h6-7,9-10H,2-5,8,11-13H2,1H3;2-9,15H,10-11H2,1H3. The van der Waals surface area contributed by atoms with E-state index in [1.54, 1.807) is 13.3 Å². The SMILES string of the molecule is CCCCCCCN1Cc2ccccc2C1.COc1ccccc1CNCc1ccccn1. The molecule has 3 aromatic rings. The molecule has 0 bridgehead atoms. The van der Waals surface area contributed by atoms with Gasteiger partial charge in [-0.1, -0.05) is 81.1 Å². The molecule has 0 saturated carbocycles. The molecule has 1 aliphatic rings. The lowest BCUT2D eigenvalue weighted by molar-refractivity contribution is 0.276. The van der Waals surface area contributed by atoms with Gasteiger partial charge in [0.25, 0.3) is 0 Å². The van der Waals surface area contributed by atoms with Gasteiger partial charge in [-0.25, -0.2) is 0 Å². The molecule has 0 atom stereocenters. The van der Waals surface area contributed by atoms with Gasteiger partial charge in [0, 0.05) is 37.9 Å². The summed E-state index contributed by atoms with van der Waals surface area (Å²) in [6.45, 7) is 7.43. The quantitative estimate of drug-likeness (QED) is 0.349. The molecular formula is C29H39N3O. The van der Waals surface area contributed by atoms with Crippen molar-refractivity contribution in [1.82, 2.24) is 15.2 Å². The molecule has 1 N–H and O–H groups in total.